The smallest absolute Gasteiger partial charge is 0.0985 e. The fourth-order valence-electron chi connectivity index (χ4n) is 2.52. The molecular weight excluding hydrogens is 288 g/mol. The van der Waals surface area contributed by atoms with E-state index in [1.165, 1.54) is 9.88 Å². The van der Waals surface area contributed by atoms with Crippen molar-refractivity contribution in [2.75, 3.05) is 11.5 Å². The maximum Gasteiger partial charge on any atom is 0.0985 e. The van der Waals surface area contributed by atoms with Crippen molar-refractivity contribution in [2.24, 2.45) is 0 Å². The summed E-state index contributed by atoms with van der Waals surface area (Å²) in [5.41, 5.74) is 1.27. The van der Waals surface area contributed by atoms with E-state index in [-0.39, 0.29) is 5.41 Å². The first kappa shape index (κ1) is 16.1. The average Bonchev–Trinajstić information content (AvgIpc) is 2.74. The Balaban J connectivity index is 2.04. The van der Waals surface area contributed by atoms with Gasteiger partial charge in [-0.2, -0.15) is 0 Å². The highest BCUT2D eigenvalue weighted by Crippen LogP contribution is 2.33. The molecule has 0 aliphatic carbocycles. The SMILES string of the molecule is Cc1nc(C(C)(C)C)sc1C(C)NC1CCS(=O)CC1. The lowest BCUT2D eigenvalue weighted by Gasteiger charge is -2.26. The summed E-state index contributed by atoms with van der Waals surface area (Å²) in [6, 6.07) is 0.836. The van der Waals surface area contributed by atoms with Crippen molar-refractivity contribution >= 4 is 22.1 Å². The van der Waals surface area contributed by atoms with Gasteiger partial charge in [0.15, 0.2) is 0 Å². The topological polar surface area (TPSA) is 42.0 Å². The minimum absolute atomic E-state index is 0.120. The molecule has 1 N–H and O–H groups in total. The first-order valence-corrected chi connectivity index (χ1v) is 9.66. The number of nitrogens with one attached hydrogen (secondary N) is 1. The molecule has 0 spiro atoms. The maximum absolute atomic E-state index is 11.4. The van der Waals surface area contributed by atoms with Crippen LogP contribution in [0.25, 0.3) is 0 Å². The van der Waals surface area contributed by atoms with E-state index in [2.05, 4.69) is 39.9 Å². The van der Waals surface area contributed by atoms with E-state index in [0.717, 1.165) is 30.0 Å². The molecule has 1 atom stereocenters. The minimum Gasteiger partial charge on any atom is -0.307 e. The van der Waals surface area contributed by atoms with Crippen LogP contribution in [-0.4, -0.2) is 26.7 Å². The predicted octanol–water partition coefficient (Wildman–Crippen LogP) is 3.31. The molecule has 0 amide bonds. The molecule has 5 heteroatoms. The summed E-state index contributed by atoms with van der Waals surface area (Å²) in [4.78, 5) is 6.09. The predicted molar refractivity (Wildman–Crippen MR) is 88.0 cm³/mol. The monoisotopic (exact) mass is 314 g/mol. The summed E-state index contributed by atoms with van der Waals surface area (Å²) in [6.07, 6.45) is 2.06. The van der Waals surface area contributed by atoms with Crippen LogP contribution in [0, 0.1) is 6.92 Å². The van der Waals surface area contributed by atoms with Crippen molar-refractivity contribution in [3.05, 3.63) is 15.6 Å². The van der Waals surface area contributed by atoms with Gasteiger partial charge in [-0.25, -0.2) is 4.98 Å². The standard InChI is InChI=1S/C15H26N2OS2/c1-10(16-12-6-8-20(18)9-7-12)13-11(2)17-14(19-13)15(3,4)5/h10,12,16H,6-9H2,1-5H3. The van der Waals surface area contributed by atoms with Crippen molar-refractivity contribution in [1.82, 2.24) is 10.3 Å². The molecule has 1 fully saturated rings. The number of nitrogens with zero attached hydrogens (tertiary/aromatic N) is 1. The van der Waals surface area contributed by atoms with E-state index in [0.29, 0.717) is 12.1 Å². The summed E-state index contributed by atoms with van der Waals surface area (Å²) in [6.45, 7) is 11.0. The van der Waals surface area contributed by atoms with Crippen LogP contribution in [0.4, 0.5) is 0 Å². The zero-order valence-corrected chi connectivity index (χ0v) is 14.8. The van der Waals surface area contributed by atoms with Gasteiger partial charge in [0.05, 0.1) is 10.7 Å². The second-order valence-electron chi connectivity index (χ2n) is 6.73. The van der Waals surface area contributed by atoms with Crippen LogP contribution < -0.4 is 5.32 Å². The van der Waals surface area contributed by atoms with Crippen molar-refractivity contribution in [2.45, 2.75) is 65.0 Å². The number of hydrogen-bond acceptors (Lipinski definition) is 4. The first-order chi connectivity index (χ1) is 9.27. The van der Waals surface area contributed by atoms with Gasteiger partial charge in [-0.3, -0.25) is 4.21 Å². The summed E-state index contributed by atoms with van der Waals surface area (Å²) >= 11 is 1.83. The van der Waals surface area contributed by atoms with Crippen molar-refractivity contribution < 1.29 is 4.21 Å². The zero-order valence-electron chi connectivity index (χ0n) is 13.2. The fourth-order valence-corrected chi connectivity index (χ4v) is 4.95. The van der Waals surface area contributed by atoms with Crippen molar-refractivity contribution in [3.8, 4) is 0 Å². The van der Waals surface area contributed by atoms with Gasteiger partial charge in [-0.05, 0) is 26.7 Å². The van der Waals surface area contributed by atoms with Crippen LogP contribution in [0.2, 0.25) is 0 Å². The van der Waals surface area contributed by atoms with E-state index in [9.17, 15) is 4.21 Å². The third-order valence-electron chi connectivity index (χ3n) is 3.74. The second-order valence-corrected chi connectivity index (χ2v) is 9.46. The molecule has 1 aliphatic rings. The molecule has 1 aliphatic heterocycles. The Labute approximate surface area is 129 Å². The van der Waals surface area contributed by atoms with Gasteiger partial charge in [0.2, 0.25) is 0 Å². The Hall–Kier alpha value is -0.260. The van der Waals surface area contributed by atoms with Gasteiger partial charge in [0.1, 0.15) is 0 Å². The largest absolute Gasteiger partial charge is 0.307 e. The van der Waals surface area contributed by atoms with E-state index >= 15 is 0 Å². The summed E-state index contributed by atoms with van der Waals surface area (Å²) in [7, 11) is -0.582. The highest BCUT2D eigenvalue weighted by molar-refractivity contribution is 7.85. The minimum atomic E-state index is -0.582. The summed E-state index contributed by atoms with van der Waals surface area (Å²) in [5.74, 6) is 1.69. The number of hydrogen-bond donors (Lipinski definition) is 1. The highest BCUT2D eigenvalue weighted by Gasteiger charge is 2.25. The third kappa shape index (κ3) is 3.89. The molecule has 3 nitrogen and oxygen atoms in total. The molecule has 1 aromatic rings. The molecule has 20 heavy (non-hydrogen) atoms. The molecule has 1 aromatic heterocycles. The van der Waals surface area contributed by atoms with Gasteiger partial charge < -0.3 is 5.32 Å². The molecule has 0 saturated carbocycles. The lowest BCUT2D eigenvalue weighted by Crippen LogP contribution is -2.37. The van der Waals surface area contributed by atoms with Crippen LogP contribution in [0.1, 0.15) is 62.2 Å². The van der Waals surface area contributed by atoms with E-state index in [1.54, 1.807) is 0 Å². The average molecular weight is 315 g/mol. The molecule has 0 radical (unpaired) electrons. The highest BCUT2D eigenvalue weighted by atomic mass is 32.2. The van der Waals surface area contributed by atoms with Crippen LogP contribution in [0.3, 0.4) is 0 Å². The lowest BCUT2D eigenvalue weighted by atomic mass is 9.98. The van der Waals surface area contributed by atoms with Crippen molar-refractivity contribution in [1.29, 1.82) is 0 Å². The molecule has 2 rings (SSSR count). The van der Waals surface area contributed by atoms with E-state index in [1.807, 2.05) is 11.3 Å². The Kier molecular flexibility index (Phi) is 5.03. The zero-order chi connectivity index (χ0) is 14.9. The van der Waals surface area contributed by atoms with Gasteiger partial charge in [-0.1, -0.05) is 20.8 Å². The number of thiazole rings is 1. The second kappa shape index (κ2) is 6.24. The molecular formula is C15H26N2OS2. The molecule has 114 valence electrons. The van der Waals surface area contributed by atoms with E-state index in [4.69, 9.17) is 4.98 Å². The van der Waals surface area contributed by atoms with Crippen molar-refractivity contribution in [3.63, 3.8) is 0 Å². The van der Waals surface area contributed by atoms with Gasteiger partial charge in [0.25, 0.3) is 0 Å². The fraction of sp³-hybridized carbons (Fsp3) is 0.800. The molecule has 0 bridgehead atoms. The quantitative estimate of drug-likeness (QED) is 0.930. The van der Waals surface area contributed by atoms with Crippen LogP contribution in [-0.2, 0) is 16.2 Å². The number of aromatic nitrogens is 1. The lowest BCUT2D eigenvalue weighted by molar-refractivity contribution is 0.429. The summed E-state index contributed by atoms with van der Waals surface area (Å²) < 4.78 is 11.4. The Bertz CT molecular complexity index is 481. The Morgan fingerprint density at radius 3 is 2.45 bits per heavy atom. The number of rotatable bonds is 3. The molecule has 2 heterocycles. The van der Waals surface area contributed by atoms with Gasteiger partial charge in [-0.15, -0.1) is 11.3 Å². The molecule has 1 unspecified atom stereocenters. The third-order valence-corrected chi connectivity index (χ3v) is 6.89. The molecule has 1 saturated heterocycles. The van der Waals surface area contributed by atoms with Crippen LogP contribution in [0.15, 0.2) is 0 Å². The Morgan fingerprint density at radius 1 is 1.35 bits per heavy atom. The van der Waals surface area contributed by atoms with Gasteiger partial charge >= 0.3 is 0 Å². The maximum atomic E-state index is 11.4. The van der Waals surface area contributed by atoms with E-state index < -0.39 is 10.8 Å². The van der Waals surface area contributed by atoms with Gasteiger partial charge in [0, 0.05) is 44.7 Å². The Morgan fingerprint density at radius 2 is 1.95 bits per heavy atom. The first-order valence-electron chi connectivity index (χ1n) is 7.36. The van der Waals surface area contributed by atoms with Crippen LogP contribution >= 0.6 is 11.3 Å². The number of aryl methyl sites for hydroxylation is 1. The summed E-state index contributed by atoms with van der Waals surface area (Å²) in [5, 5.41) is 4.91. The normalized spacial score (nSPS) is 25.6. The molecule has 0 aromatic carbocycles. The van der Waals surface area contributed by atoms with Crippen LogP contribution in [0.5, 0.6) is 0 Å².